The Labute approximate surface area is 138 Å². The van der Waals surface area contributed by atoms with Crippen LogP contribution >= 0.6 is 0 Å². The van der Waals surface area contributed by atoms with Crippen LogP contribution in [0.1, 0.15) is 0 Å². The van der Waals surface area contributed by atoms with Crippen molar-refractivity contribution < 1.29 is 9.66 Å². The zero-order chi connectivity index (χ0) is 16.9. The molecule has 120 valence electrons. The Bertz CT molecular complexity index is 869. The van der Waals surface area contributed by atoms with Gasteiger partial charge in [-0.25, -0.2) is 9.97 Å². The zero-order valence-corrected chi connectivity index (χ0v) is 12.8. The summed E-state index contributed by atoms with van der Waals surface area (Å²) in [5, 5.41) is 14.2. The van der Waals surface area contributed by atoms with E-state index in [1.54, 1.807) is 24.4 Å². The molecule has 7 heteroatoms. The molecule has 1 N–H and O–H groups in total. The number of nitrogens with zero attached hydrogens (tertiary/aromatic N) is 3. The van der Waals surface area contributed by atoms with Crippen LogP contribution in [0.3, 0.4) is 0 Å². The molecular weight excluding hydrogens is 308 g/mol. The van der Waals surface area contributed by atoms with Crippen molar-refractivity contribution in [1.82, 2.24) is 9.97 Å². The number of nitro benzene ring substituents is 1. The molecule has 3 aromatic rings. The number of aromatic nitrogens is 2. The molecule has 3 rings (SSSR count). The van der Waals surface area contributed by atoms with E-state index in [0.29, 0.717) is 17.2 Å². The maximum Gasteiger partial charge on any atom is 0.311 e. The van der Waals surface area contributed by atoms with Crippen molar-refractivity contribution in [3.05, 3.63) is 70.9 Å². The van der Waals surface area contributed by atoms with Gasteiger partial charge < -0.3 is 10.1 Å². The molecule has 0 atom stereocenters. The van der Waals surface area contributed by atoms with Crippen LogP contribution in [0.2, 0.25) is 0 Å². The van der Waals surface area contributed by atoms with Crippen molar-refractivity contribution >= 4 is 17.3 Å². The summed E-state index contributed by atoms with van der Waals surface area (Å²) in [6, 6.07) is 15.9. The lowest BCUT2D eigenvalue weighted by Crippen LogP contribution is -1.98. The molecule has 24 heavy (non-hydrogen) atoms. The SMILES string of the molecule is COc1ccc(-c2ccnc(Nc3ccccc3)n2)cc1[N+](=O)[O-]. The summed E-state index contributed by atoms with van der Waals surface area (Å²) in [5.74, 6) is 0.623. The van der Waals surface area contributed by atoms with Gasteiger partial charge in [0.15, 0.2) is 5.75 Å². The van der Waals surface area contributed by atoms with E-state index in [0.717, 1.165) is 5.69 Å². The Morgan fingerprint density at radius 1 is 1.12 bits per heavy atom. The van der Waals surface area contributed by atoms with Crippen molar-refractivity contribution in [2.75, 3.05) is 12.4 Å². The normalized spacial score (nSPS) is 10.2. The number of methoxy groups -OCH3 is 1. The van der Waals surface area contributed by atoms with Crippen molar-refractivity contribution in [3.63, 3.8) is 0 Å². The van der Waals surface area contributed by atoms with Crippen molar-refractivity contribution in [1.29, 1.82) is 0 Å². The van der Waals surface area contributed by atoms with E-state index in [4.69, 9.17) is 4.74 Å². The third kappa shape index (κ3) is 3.30. The maximum absolute atomic E-state index is 11.2. The molecule has 0 aliphatic carbocycles. The summed E-state index contributed by atoms with van der Waals surface area (Å²) in [6.45, 7) is 0. The van der Waals surface area contributed by atoms with Gasteiger partial charge in [0.05, 0.1) is 17.7 Å². The summed E-state index contributed by atoms with van der Waals surface area (Å²) in [5.41, 5.74) is 1.94. The molecule has 0 aliphatic rings. The van der Waals surface area contributed by atoms with E-state index in [-0.39, 0.29) is 11.4 Å². The molecule has 0 bridgehead atoms. The highest BCUT2D eigenvalue weighted by Crippen LogP contribution is 2.31. The molecule has 1 heterocycles. The van der Waals surface area contributed by atoms with Crippen molar-refractivity contribution in [2.45, 2.75) is 0 Å². The lowest BCUT2D eigenvalue weighted by atomic mass is 10.1. The molecule has 0 radical (unpaired) electrons. The first-order valence-electron chi connectivity index (χ1n) is 7.15. The lowest BCUT2D eigenvalue weighted by Gasteiger charge is -2.07. The maximum atomic E-state index is 11.2. The number of nitrogens with one attached hydrogen (secondary N) is 1. The topological polar surface area (TPSA) is 90.2 Å². The molecule has 7 nitrogen and oxygen atoms in total. The number of rotatable bonds is 5. The van der Waals surface area contributed by atoms with Crippen molar-refractivity contribution in [3.8, 4) is 17.0 Å². The Morgan fingerprint density at radius 2 is 1.92 bits per heavy atom. The average molecular weight is 322 g/mol. The minimum absolute atomic E-state index is 0.105. The van der Waals surface area contributed by atoms with E-state index in [1.165, 1.54) is 13.2 Å². The van der Waals surface area contributed by atoms with Gasteiger partial charge in [-0.05, 0) is 30.3 Å². The van der Waals surface area contributed by atoms with Gasteiger partial charge in [-0.15, -0.1) is 0 Å². The Hall–Kier alpha value is -3.48. The largest absolute Gasteiger partial charge is 0.490 e. The van der Waals surface area contributed by atoms with Gasteiger partial charge in [0.25, 0.3) is 0 Å². The number of anilines is 2. The molecular formula is C17H14N4O3. The van der Waals surface area contributed by atoms with Crippen LogP contribution in [-0.2, 0) is 0 Å². The summed E-state index contributed by atoms with van der Waals surface area (Å²) in [7, 11) is 1.40. The smallest absolute Gasteiger partial charge is 0.311 e. The fourth-order valence-electron chi connectivity index (χ4n) is 2.22. The van der Waals surface area contributed by atoms with Crippen LogP contribution < -0.4 is 10.1 Å². The summed E-state index contributed by atoms with van der Waals surface area (Å²) < 4.78 is 5.01. The molecule has 0 aliphatic heterocycles. The first-order valence-corrected chi connectivity index (χ1v) is 7.15. The van der Waals surface area contributed by atoms with Crippen LogP contribution in [-0.4, -0.2) is 22.0 Å². The second kappa shape index (κ2) is 6.74. The van der Waals surface area contributed by atoms with E-state index < -0.39 is 4.92 Å². The van der Waals surface area contributed by atoms with E-state index in [9.17, 15) is 10.1 Å². The average Bonchev–Trinajstić information content (AvgIpc) is 2.62. The van der Waals surface area contributed by atoms with Gasteiger partial charge >= 0.3 is 5.69 Å². The van der Waals surface area contributed by atoms with E-state index in [2.05, 4.69) is 15.3 Å². The minimum Gasteiger partial charge on any atom is -0.490 e. The molecule has 2 aromatic carbocycles. The number of hydrogen-bond donors (Lipinski definition) is 1. The van der Waals surface area contributed by atoms with Gasteiger partial charge in [-0.2, -0.15) is 0 Å². The predicted octanol–water partition coefficient (Wildman–Crippen LogP) is 3.80. The third-order valence-electron chi connectivity index (χ3n) is 3.36. The number of hydrogen-bond acceptors (Lipinski definition) is 6. The number of para-hydroxylation sites is 1. The second-order valence-electron chi connectivity index (χ2n) is 4.90. The molecule has 0 spiro atoms. The minimum atomic E-state index is -0.480. The van der Waals surface area contributed by atoms with Gasteiger partial charge in [-0.3, -0.25) is 10.1 Å². The first-order chi connectivity index (χ1) is 11.7. The van der Waals surface area contributed by atoms with Gasteiger partial charge in [0.2, 0.25) is 5.95 Å². The van der Waals surface area contributed by atoms with Crippen LogP contribution in [0, 0.1) is 10.1 Å². The summed E-state index contributed by atoms with van der Waals surface area (Å²) in [6.07, 6.45) is 1.60. The number of ether oxygens (including phenoxy) is 1. The Morgan fingerprint density at radius 3 is 2.62 bits per heavy atom. The highest BCUT2D eigenvalue weighted by molar-refractivity contribution is 5.67. The Balaban J connectivity index is 1.94. The van der Waals surface area contributed by atoms with Crippen LogP contribution in [0.4, 0.5) is 17.3 Å². The molecule has 0 saturated heterocycles. The molecule has 0 fully saturated rings. The number of nitro groups is 1. The lowest BCUT2D eigenvalue weighted by molar-refractivity contribution is -0.385. The molecule has 0 amide bonds. The monoisotopic (exact) mass is 322 g/mol. The highest BCUT2D eigenvalue weighted by Gasteiger charge is 2.16. The standard InChI is InChI=1S/C17H14N4O3/c1-24-16-8-7-12(11-15(16)21(22)23)14-9-10-18-17(20-14)19-13-5-3-2-4-6-13/h2-11H,1H3,(H,18,19,20). The molecule has 0 unspecified atom stereocenters. The van der Waals surface area contributed by atoms with Crippen molar-refractivity contribution in [2.24, 2.45) is 0 Å². The molecule has 0 saturated carbocycles. The van der Waals surface area contributed by atoms with Crippen LogP contribution in [0.5, 0.6) is 5.75 Å². The van der Waals surface area contributed by atoms with E-state index >= 15 is 0 Å². The third-order valence-corrected chi connectivity index (χ3v) is 3.36. The van der Waals surface area contributed by atoms with Gasteiger partial charge in [-0.1, -0.05) is 18.2 Å². The fraction of sp³-hybridized carbons (Fsp3) is 0.0588. The second-order valence-corrected chi connectivity index (χ2v) is 4.90. The van der Waals surface area contributed by atoms with Gasteiger partial charge in [0, 0.05) is 23.5 Å². The quantitative estimate of drug-likeness (QED) is 0.567. The van der Waals surface area contributed by atoms with Crippen LogP contribution in [0.25, 0.3) is 11.3 Å². The van der Waals surface area contributed by atoms with Crippen LogP contribution in [0.15, 0.2) is 60.8 Å². The molecule has 1 aromatic heterocycles. The zero-order valence-electron chi connectivity index (χ0n) is 12.8. The summed E-state index contributed by atoms with van der Waals surface area (Å²) in [4.78, 5) is 19.3. The van der Waals surface area contributed by atoms with E-state index in [1.807, 2.05) is 30.3 Å². The first kappa shape index (κ1) is 15.4. The Kier molecular flexibility index (Phi) is 4.33. The highest BCUT2D eigenvalue weighted by atomic mass is 16.6. The number of benzene rings is 2. The predicted molar refractivity (Wildman–Crippen MR) is 90.4 cm³/mol. The van der Waals surface area contributed by atoms with Gasteiger partial charge in [0.1, 0.15) is 0 Å². The fourth-order valence-corrected chi connectivity index (χ4v) is 2.22. The summed E-state index contributed by atoms with van der Waals surface area (Å²) >= 11 is 0.